The predicted molar refractivity (Wildman–Crippen MR) is 126 cm³/mol. The van der Waals surface area contributed by atoms with E-state index in [1.165, 1.54) is 18.4 Å². The zero-order valence-electron chi connectivity index (χ0n) is 20.0. The molecule has 0 aliphatic carbocycles. The third kappa shape index (κ3) is 5.95. The van der Waals surface area contributed by atoms with E-state index in [9.17, 15) is 26.7 Å². The summed E-state index contributed by atoms with van der Waals surface area (Å²) in [5.74, 6) is -4.11. The highest BCUT2D eigenvalue weighted by Crippen LogP contribution is 2.37. The summed E-state index contributed by atoms with van der Waals surface area (Å²) in [5, 5.41) is 3.38. The Morgan fingerprint density at radius 2 is 2.00 bits per heavy atom. The van der Waals surface area contributed by atoms with Crippen LogP contribution >= 0.6 is 11.3 Å². The lowest BCUT2D eigenvalue weighted by atomic mass is 9.88. The summed E-state index contributed by atoms with van der Waals surface area (Å²) in [7, 11) is 1.45. The number of likely N-dealkylation sites (tertiary alicyclic amines) is 1. The molecule has 4 rings (SSSR count). The van der Waals surface area contributed by atoms with Gasteiger partial charge < -0.3 is 15.0 Å². The highest BCUT2D eigenvalue weighted by Gasteiger charge is 2.47. The second kappa shape index (κ2) is 10.1. The number of amides is 1. The SMILES string of the molecule is COc1cccc(-c2sc(C)nc2C(=O)N2CC(F)(F)CC(C)C2CNc2cnc(C(F)(F)F)cn2)n1. The lowest BCUT2D eigenvalue weighted by Crippen LogP contribution is -2.57. The summed E-state index contributed by atoms with van der Waals surface area (Å²) in [6.45, 7) is 2.43. The maximum atomic E-state index is 14.6. The van der Waals surface area contributed by atoms with E-state index in [2.05, 4.69) is 25.3 Å². The molecule has 2 unspecified atom stereocenters. The van der Waals surface area contributed by atoms with Gasteiger partial charge in [0.25, 0.3) is 11.8 Å². The number of halogens is 5. The first kappa shape index (κ1) is 26.6. The fourth-order valence-corrected chi connectivity index (χ4v) is 5.07. The molecule has 1 N–H and O–H groups in total. The summed E-state index contributed by atoms with van der Waals surface area (Å²) in [5.41, 5.74) is -0.745. The molecule has 0 bridgehead atoms. The zero-order chi connectivity index (χ0) is 27.0. The Morgan fingerprint density at radius 1 is 1.24 bits per heavy atom. The van der Waals surface area contributed by atoms with Gasteiger partial charge >= 0.3 is 6.18 Å². The van der Waals surface area contributed by atoms with Gasteiger partial charge in [-0.25, -0.2) is 28.7 Å². The van der Waals surface area contributed by atoms with Crippen molar-refractivity contribution < 1.29 is 31.5 Å². The van der Waals surface area contributed by atoms with Crippen LogP contribution in [0.4, 0.5) is 27.8 Å². The Bertz CT molecular complexity index is 1270. The molecular formula is C23H23F5N6O2S. The number of rotatable bonds is 6. The number of carbonyl (C=O) groups excluding carboxylic acids is 1. The average molecular weight is 543 g/mol. The van der Waals surface area contributed by atoms with E-state index >= 15 is 0 Å². The lowest BCUT2D eigenvalue weighted by Gasteiger charge is -2.43. The molecule has 3 aromatic rings. The molecular weight excluding hydrogens is 519 g/mol. The monoisotopic (exact) mass is 542 g/mol. The number of aryl methyl sites for hydroxylation is 1. The number of aromatic nitrogens is 4. The van der Waals surface area contributed by atoms with Crippen molar-refractivity contribution in [1.29, 1.82) is 0 Å². The van der Waals surface area contributed by atoms with Crippen molar-refractivity contribution in [3.05, 3.63) is 47.0 Å². The molecule has 14 heteroatoms. The molecule has 1 aliphatic heterocycles. The summed E-state index contributed by atoms with van der Waals surface area (Å²) in [4.78, 5) is 30.9. The van der Waals surface area contributed by atoms with E-state index in [0.717, 1.165) is 11.1 Å². The van der Waals surface area contributed by atoms with Gasteiger partial charge in [0.15, 0.2) is 5.69 Å². The highest BCUT2D eigenvalue weighted by molar-refractivity contribution is 7.15. The van der Waals surface area contributed by atoms with Crippen LogP contribution < -0.4 is 10.1 Å². The van der Waals surface area contributed by atoms with Crippen LogP contribution in [0.5, 0.6) is 5.88 Å². The van der Waals surface area contributed by atoms with Gasteiger partial charge in [-0.1, -0.05) is 13.0 Å². The first-order chi connectivity index (χ1) is 17.4. The van der Waals surface area contributed by atoms with Gasteiger partial charge in [-0.3, -0.25) is 4.79 Å². The molecule has 2 atom stereocenters. The zero-order valence-corrected chi connectivity index (χ0v) is 20.8. The number of nitrogens with one attached hydrogen (secondary N) is 1. The van der Waals surface area contributed by atoms with E-state index in [-0.39, 0.29) is 18.1 Å². The fourth-order valence-electron chi connectivity index (χ4n) is 4.19. The first-order valence-corrected chi connectivity index (χ1v) is 12.0. The minimum atomic E-state index is -4.64. The van der Waals surface area contributed by atoms with Crippen molar-refractivity contribution in [2.45, 2.75) is 38.4 Å². The number of pyridine rings is 1. The number of piperidine rings is 1. The van der Waals surface area contributed by atoms with Gasteiger partial charge in [0.1, 0.15) is 11.5 Å². The number of anilines is 1. The third-order valence-corrected chi connectivity index (χ3v) is 6.87. The molecule has 0 spiro atoms. The molecule has 198 valence electrons. The Kier molecular flexibility index (Phi) is 7.31. The second-order valence-corrected chi connectivity index (χ2v) is 9.88. The van der Waals surface area contributed by atoms with E-state index in [1.54, 1.807) is 32.0 Å². The van der Waals surface area contributed by atoms with Crippen molar-refractivity contribution >= 4 is 23.1 Å². The van der Waals surface area contributed by atoms with Crippen molar-refractivity contribution in [2.75, 3.05) is 25.5 Å². The lowest BCUT2D eigenvalue weighted by molar-refractivity contribution is -0.141. The number of nitrogens with zero attached hydrogens (tertiary/aromatic N) is 5. The third-order valence-electron chi connectivity index (χ3n) is 5.88. The van der Waals surface area contributed by atoms with Crippen LogP contribution in [0.2, 0.25) is 0 Å². The van der Waals surface area contributed by atoms with Crippen LogP contribution in [-0.2, 0) is 6.18 Å². The quantitative estimate of drug-likeness (QED) is 0.442. The molecule has 0 radical (unpaired) electrons. The normalized spacial score (nSPS) is 19.5. The second-order valence-electron chi connectivity index (χ2n) is 8.68. The molecule has 1 amide bonds. The predicted octanol–water partition coefficient (Wildman–Crippen LogP) is 4.93. The smallest absolute Gasteiger partial charge is 0.434 e. The maximum Gasteiger partial charge on any atom is 0.434 e. The van der Waals surface area contributed by atoms with E-state index in [1.807, 2.05) is 0 Å². The van der Waals surface area contributed by atoms with Crippen LogP contribution in [0.1, 0.15) is 34.5 Å². The summed E-state index contributed by atoms with van der Waals surface area (Å²) < 4.78 is 72.7. The Labute approximate surface area is 212 Å². The van der Waals surface area contributed by atoms with Gasteiger partial charge in [0.05, 0.1) is 47.7 Å². The molecule has 0 aromatic carbocycles. The molecule has 4 heterocycles. The number of hydrogen-bond donors (Lipinski definition) is 1. The van der Waals surface area contributed by atoms with Gasteiger partial charge in [-0.2, -0.15) is 13.2 Å². The largest absolute Gasteiger partial charge is 0.481 e. The van der Waals surface area contributed by atoms with Crippen molar-refractivity contribution in [3.63, 3.8) is 0 Å². The van der Waals surface area contributed by atoms with Crippen molar-refractivity contribution in [1.82, 2.24) is 24.8 Å². The van der Waals surface area contributed by atoms with Gasteiger partial charge in [0.2, 0.25) is 5.88 Å². The molecule has 37 heavy (non-hydrogen) atoms. The molecule has 3 aromatic heterocycles. The van der Waals surface area contributed by atoms with Gasteiger partial charge in [-0.05, 0) is 18.9 Å². The number of hydrogen-bond acceptors (Lipinski definition) is 8. The number of thiazole rings is 1. The summed E-state index contributed by atoms with van der Waals surface area (Å²) >= 11 is 1.20. The van der Waals surface area contributed by atoms with Crippen LogP contribution in [-0.4, -0.2) is 62.9 Å². The molecule has 1 aliphatic rings. The summed E-state index contributed by atoms with van der Waals surface area (Å²) in [6, 6.07) is 4.28. The van der Waals surface area contributed by atoms with E-state index in [4.69, 9.17) is 4.74 Å². The standard InChI is InChI=1S/C23H23F5N6O2S/c1-12-7-22(24,25)11-34(15(12)8-30-17-10-29-16(9-31-17)23(26,27)28)21(35)19-20(37-13(2)32-19)14-5-4-6-18(33-14)36-3/h4-6,9-10,12,15H,7-8,11H2,1-3H3,(H,30,31). The Morgan fingerprint density at radius 3 is 2.65 bits per heavy atom. The van der Waals surface area contributed by atoms with E-state index < -0.39 is 48.6 Å². The van der Waals surface area contributed by atoms with Gasteiger partial charge in [-0.15, -0.1) is 11.3 Å². The number of ether oxygens (including phenoxy) is 1. The fraction of sp³-hybridized carbons (Fsp3) is 0.435. The molecule has 1 saturated heterocycles. The minimum Gasteiger partial charge on any atom is -0.481 e. The topological polar surface area (TPSA) is 93.1 Å². The Hall–Kier alpha value is -3.42. The van der Waals surface area contributed by atoms with Crippen LogP contribution in [0.25, 0.3) is 10.6 Å². The van der Waals surface area contributed by atoms with Crippen LogP contribution in [0.15, 0.2) is 30.6 Å². The minimum absolute atomic E-state index is 0.00697. The van der Waals surface area contributed by atoms with Crippen LogP contribution in [0, 0.1) is 12.8 Å². The molecule has 8 nitrogen and oxygen atoms in total. The van der Waals surface area contributed by atoms with Gasteiger partial charge in [0, 0.05) is 19.0 Å². The van der Waals surface area contributed by atoms with Crippen molar-refractivity contribution in [3.8, 4) is 16.5 Å². The van der Waals surface area contributed by atoms with Crippen LogP contribution in [0.3, 0.4) is 0 Å². The molecule has 0 saturated carbocycles. The van der Waals surface area contributed by atoms with E-state index in [0.29, 0.717) is 27.7 Å². The maximum absolute atomic E-state index is 14.6. The van der Waals surface area contributed by atoms with Crippen molar-refractivity contribution in [2.24, 2.45) is 5.92 Å². The first-order valence-electron chi connectivity index (χ1n) is 11.2. The highest BCUT2D eigenvalue weighted by atomic mass is 32.1. The number of methoxy groups -OCH3 is 1. The number of alkyl halides is 5. The number of carbonyl (C=O) groups is 1. The Balaban J connectivity index is 1.62. The summed E-state index contributed by atoms with van der Waals surface area (Å²) in [6.07, 6.45) is -3.61. The average Bonchev–Trinajstić information content (AvgIpc) is 3.23. The molecule has 1 fully saturated rings.